The Morgan fingerprint density at radius 2 is 2.17 bits per heavy atom. The molecule has 1 aliphatic heterocycles. The summed E-state index contributed by atoms with van der Waals surface area (Å²) in [6.45, 7) is 1.90. The molecule has 0 bridgehead atoms. The first-order chi connectivity index (χ1) is 8.40. The summed E-state index contributed by atoms with van der Waals surface area (Å²) in [5.41, 5.74) is 0.356. The molecule has 18 heavy (non-hydrogen) atoms. The van der Waals surface area contributed by atoms with Gasteiger partial charge in [0.15, 0.2) is 0 Å². The minimum absolute atomic E-state index is 0.110. The summed E-state index contributed by atoms with van der Waals surface area (Å²) in [7, 11) is 0. The minimum Gasteiger partial charge on any atom is -0.291 e. The van der Waals surface area contributed by atoms with Gasteiger partial charge in [-0.1, -0.05) is 18.5 Å². The molecule has 1 aromatic rings. The van der Waals surface area contributed by atoms with Crippen LogP contribution in [0.1, 0.15) is 6.92 Å². The van der Waals surface area contributed by atoms with Crippen molar-refractivity contribution in [2.75, 3.05) is 11.4 Å². The summed E-state index contributed by atoms with van der Waals surface area (Å²) >= 11 is 9.11. The van der Waals surface area contributed by atoms with Crippen molar-refractivity contribution in [2.24, 2.45) is 5.92 Å². The number of hydrogen-bond donors (Lipinski definition) is 1. The van der Waals surface area contributed by atoms with E-state index in [1.54, 1.807) is 6.92 Å². The van der Waals surface area contributed by atoms with Crippen molar-refractivity contribution in [3.63, 3.8) is 0 Å². The number of rotatable bonds is 1. The first-order valence-corrected chi connectivity index (χ1v) is 6.34. The molecule has 96 valence electrons. The van der Waals surface area contributed by atoms with Gasteiger partial charge in [0.25, 0.3) is 0 Å². The average Bonchev–Trinajstić information content (AvgIpc) is 2.24. The third-order valence-electron chi connectivity index (χ3n) is 2.63. The van der Waals surface area contributed by atoms with Crippen LogP contribution in [0.4, 0.5) is 14.9 Å². The summed E-state index contributed by atoms with van der Waals surface area (Å²) in [5, 5.41) is 2.33. The summed E-state index contributed by atoms with van der Waals surface area (Å²) in [6, 6.07) is 1.78. The first-order valence-electron chi connectivity index (χ1n) is 5.17. The van der Waals surface area contributed by atoms with Gasteiger partial charge in [-0.15, -0.1) is 0 Å². The van der Waals surface area contributed by atoms with Crippen molar-refractivity contribution in [3.05, 3.63) is 27.4 Å². The molecule has 1 aliphatic rings. The second-order valence-corrected chi connectivity index (χ2v) is 5.29. The lowest BCUT2D eigenvalue weighted by molar-refractivity contribution is -0.123. The van der Waals surface area contributed by atoms with E-state index in [0.717, 1.165) is 6.07 Å². The maximum absolute atomic E-state index is 13.1. The molecule has 3 amide bonds. The summed E-state index contributed by atoms with van der Waals surface area (Å²) in [4.78, 5) is 24.4. The Morgan fingerprint density at radius 1 is 1.50 bits per heavy atom. The third kappa shape index (κ3) is 2.35. The van der Waals surface area contributed by atoms with E-state index in [9.17, 15) is 14.0 Å². The zero-order valence-electron chi connectivity index (χ0n) is 9.34. The monoisotopic (exact) mass is 334 g/mol. The fourth-order valence-corrected chi connectivity index (χ4v) is 2.79. The van der Waals surface area contributed by atoms with Gasteiger partial charge < -0.3 is 0 Å². The van der Waals surface area contributed by atoms with Crippen molar-refractivity contribution in [1.82, 2.24) is 5.32 Å². The number of nitrogens with zero attached hydrogens (tertiary/aromatic N) is 1. The van der Waals surface area contributed by atoms with Crippen LogP contribution in [-0.2, 0) is 4.79 Å². The fraction of sp³-hybridized carbons (Fsp3) is 0.273. The summed E-state index contributed by atoms with van der Waals surface area (Å²) < 4.78 is 13.5. The maximum atomic E-state index is 13.1. The molecule has 1 aromatic carbocycles. The Bertz CT molecular complexity index is 515. The summed E-state index contributed by atoms with van der Waals surface area (Å²) in [6.07, 6.45) is 0. The van der Waals surface area contributed by atoms with Gasteiger partial charge >= 0.3 is 6.03 Å². The van der Waals surface area contributed by atoms with Gasteiger partial charge in [-0.2, -0.15) is 0 Å². The lowest BCUT2D eigenvalue weighted by Gasteiger charge is -2.31. The van der Waals surface area contributed by atoms with Crippen molar-refractivity contribution in [2.45, 2.75) is 6.92 Å². The van der Waals surface area contributed by atoms with Crippen LogP contribution in [0, 0.1) is 11.7 Å². The van der Waals surface area contributed by atoms with E-state index >= 15 is 0 Å². The zero-order chi connectivity index (χ0) is 13.4. The van der Waals surface area contributed by atoms with E-state index in [1.807, 2.05) is 0 Å². The SMILES string of the molecule is CC1CN(c2c(Cl)cc(F)cc2Br)C(=O)NC1=O. The van der Waals surface area contributed by atoms with Crippen LogP contribution in [0.2, 0.25) is 5.02 Å². The zero-order valence-corrected chi connectivity index (χ0v) is 11.7. The quantitative estimate of drug-likeness (QED) is 0.858. The highest BCUT2D eigenvalue weighted by Crippen LogP contribution is 2.36. The van der Waals surface area contributed by atoms with Gasteiger partial charge in [0, 0.05) is 11.0 Å². The van der Waals surface area contributed by atoms with E-state index in [0.29, 0.717) is 10.2 Å². The molecule has 1 heterocycles. The van der Waals surface area contributed by atoms with E-state index in [4.69, 9.17) is 11.6 Å². The van der Waals surface area contributed by atoms with Gasteiger partial charge in [-0.3, -0.25) is 15.0 Å². The van der Waals surface area contributed by atoms with Gasteiger partial charge in [-0.25, -0.2) is 9.18 Å². The molecule has 4 nitrogen and oxygen atoms in total. The smallest absolute Gasteiger partial charge is 0.291 e. The second-order valence-electron chi connectivity index (χ2n) is 4.02. The molecule has 0 spiro atoms. The number of nitrogens with one attached hydrogen (secondary N) is 1. The number of imide groups is 1. The Hall–Kier alpha value is -1.14. The van der Waals surface area contributed by atoms with E-state index in [-0.39, 0.29) is 23.4 Å². The van der Waals surface area contributed by atoms with Crippen LogP contribution < -0.4 is 10.2 Å². The van der Waals surface area contributed by atoms with Crippen LogP contribution >= 0.6 is 27.5 Å². The van der Waals surface area contributed by atoms with Crippen LogP contribution in [0.3, 0.4) is 0 Å². The number of benzene rings is 1. The lowest BCUT2D eigenvalue weighted by Crippen LogP contribution is -2.54. The number of hydrogen-bond acceptors (Lipinski definition) is 2. The first kappa shape index (κ1) is 13.3. The molecule has 1 saturated heterocycles. The molecule has 1 N–H and O–H groups in total. The number of carbonyl (C=O) groups is 2. The molecule has 7 heteroatoms. The predicted molar refractivity (Wildman–Crippen MR) is 69.2 cm³/mol. The molecule has 0 aliphatic carbocycles. The third-order valence-corrected chi connectivity index (χ3v) is 3.52. The van der Waals surface area contributed by atoms with Gasteiger partial charge in [-0.05, 0) is 28.1 Å². The second kappa shape index (κ2) is 4.85. The van der Waals surface area contributed by atoms with Crippen molar-refractivity contribution < 1.29 is 14.0 Å². The predicted octanol–water partition coefficient (Wildman–Crippen LogP) is 2.93. The number of halogens is 3. The van der Waals surface area contributed by atoms with Crippen molar-refractivity contribution in [1.29, 1.82) is 0 Å². The Kier molecular flexibility index (Phi) is 3.59. The molecule has 0 saturated carbocycles. The van der Waals surface area contributed by atoms with Gasteiger partial charge in [0.05, 0.1) is 16.6 Å². The molecule has 0 radical (unpaired) electrons. The lowest BCUT2D eigenvalue weighted by atomic mass is 10.1. The Morgan fingerprint density at radius 3 is 2.78 bits per heavy atom. The van der Waals surface area contributed by atoms with Crippen LogP contribution in [0.5, 0.6) is 0 Å². The van der Waals surface area contributed by atoms with Crippen LogP contribution in [-0.4, -0.2) is 18.5 Å². The van der Waals surface area contributed by atoms with Crippen LogP contribution in [0.15, 0.2) is 16.6 Å². The standard InChI is InChI=1S/C11H9BrClFN2O2/c1-5-4-16(11(18)15-10(5)17)9-7(12)2-6(14)3-8(9)13/h2-3,5H,4H2,1H3,(H,15,17,18). The molecular formula is C11H9BrClFN2O2. The highest BCUT2D eigenvalue weighted by Gasteiger charge is 2.32. The normalized spacial score (nSPS) is 20.0. The fourth-order valence-electron chi connectivity index (χ4n) is 1.72. The number of urea groups is 1. The van der Waals surface area contributed by atoms with Crippen LogP contribution in [0.25, 0.3) is 0 Å². The number of amides is 3. The molecule has 2 rings (SSSR count). The van der Waals surface area contributed by atoms with Crippen molar-refractivity contribution in [3.8, 4) is 0 Å². The molecular weight excluding hydrogens is 326 g/mol. The Labute approximate surface area is 116 Å². The molecule has 1 unspecified atom stereocenters. The average molecular weight is 336 g/mol. The molecule has 0 aromatic heterocycles. The largest absolute Gasteiger partial charge is 0.328 e. The highest BCUT2D eigenvalue weighted by atomic mass is 79.9. The molecule has 1 atom stereocenters. The van der Waals surface area contributed by atoms with Gasteiger partial charge in [0.1, 0.15) is 5.82 Å². The number of carbonyl (C=O) groups excluding carboxylic acids is 2. The van der Waals surface area contributed by atoms with E-state index < -0.39 is 11.8 Å². The minimum atomic E-state index is -0.563. The highest BCUT2D eigenvalue weighted by molar-refractivity contribution is 9.10. The number of anilines is 1. The van der Waals surface area contributed by atoms with Gasteiger partial charge in [0.2, 0.25) is 5.91 Å². The summed E-state index contributed by atoms with van der Waals surface area (Å²) in [5.74, 6) is -1.18. The Balaban J connectivity index is 2.43. The maximum Gasteiger partial charge on any atom is 0.328 e. The topological polar surface area (TPSA) is 49.4 Å². The van der Waals surface area contributed by atoms with E-state index in [1.165, 1.54) is 11.0 Å². The van der Waals surface area contributed by atoms with E-state index in [2.05, 4.69) is 21.2 Å². The van der Waals surface area contributed by atoms with Crippen molar-refractivity contribution >= 4 is 45.2 Å². The molecule has 1 fully saturated rings.